The second-order valence-electron chi connectivity index (χ2n) is 3.07. The summed E-state index contributed by atoms with van der Waals surface area (Å²) in [6.45, 7) is 2.01. The largest absolute Gasteiger partial charge is 0.495 e. The fourth-order valence-electron chi connectivity index (χ4n) is 1.34. The number of carbonyl (C=O) groups is 1. The molecule has 0 fully saturated rings. The third-order valence-electron chi connectivity index (χ3n) is 2.03. The first-order valence-electron chi connectivity index (χ1n) is 4.48. The molecule has 0 radical (unpaired) electrons. The van der Waals surface area contributed by atoms with Gasteiger partial charge < -0.3 is 10.1 Å². The molecule has 0 bridgehead atoms. The highest BCUT2D eigenvalue weighted by Crippen LogP contribution is 2.28. The first kappa shape index (κ1) is 11.9. The van der Waals surface area contributed by atoms with Gasteiger partial charge in [-0.1, -0.05) is 11.6 Å². The number of pyridine rings is 1. The van der Waals surface area contributed by atoms with E-state index in [0.29, 0.717) is 22.0 Å². The minimum absolute atomic E-state index is 0.0787. The highest BCUT2D eigenvalue weighted by Gasteiger charge is 2.15. The molecule has 0 aliphatic rings. The molecule has 0 unspecified atom stereocenters. The molecule has 0 saturated carbocycles. The smallest absolute Gasteiger partial charge is 0.195 e. The van der Waals surface area contributed by atoms with E-state index >= 15 is 0 Å². The van der Waals surface area contributed by atoms with Crippen LogP contribution >= 0.6 is 11.6 Å². The molecule has 0 aromatic carbocycles. The van der Waals surface area contributed by atoms with Crippen molar-refractivity contribution in [1.82, 2.24) is 10.3 Å². The molecule has 0 spiro atoms. The van der Waals surface area contributed by atoms with Gasteiger partial charge in [0.25, 0.3) is 0 Å². The summed E-state index contributed by atoms with van der Waals surface area (Å²) < 4.78 is 5.10. The van der Waals surface area contributed by atoms with Gasteiger partial charge in [0.05, 0.1) is 19.9 Å². The zero-order chi connectivity index (χ0) is 11.4. The first-order valence-corrected chi connectivity index (χ1v) is 4.86. The average Bonchev–Trinajstić information content (AvgIpc) is 2.18. The molecule has 82 valence electrons. The van der Waals surface area contributed by atoms with Gasteiger partial charge in [0, 0.05) is 5.56 Å². The Balaban J connectivity index is 3.15. The molecule has 0 aliphatic carbocycles. The number of methoxy groups -OCH3 is 1. The molecule has 15 heavy (non-hydrogen) atoms. The molecule has 1 aromatic rings. The molecule has 5 heteroatoms. The number of aromatic nitrogens is 1. The number of hydrogen-bond acceptors (Lipinski definition) is 4. The summed E-state index contributed by atoms with van der Waals surface area (Å²) >= 11 is 5.87. The van der Waals surface area contributed by atoms with Gasteiger partial charge in [-0.3, -0.25) is 9.78 Å². The summed E-state index contributed by atoms with van der Waals surface area (Å²) in [5.74, 6) is 0.427. The van der Waals surface area contributed by atoms with Gasteiger partial charge in [-0.05, 0) is 14.0 Å². The van der Waals surface area contributed by atoms with Gasteiger partial charge in [-0.15, -0.1) is 0 Å². The Labute approximate surface area is 93.6 Å². The van der Waals surface area contributed by atoms with Crippen LogP contribution in [-0.2, 0) is 0 Å². The van der Waals surface area contributed by atoms with E-state index in [1.807, 2.05) is 0 Å². The number of carbonyl (C=O) groups excluding carboxylic acids is 1. The van der Waals surface area contributed by atoms with E-state index < -0.39 is 0 Å². The van der Waals surface area contributed by atoms with Crippen LogP contribution in [0.2, 0.25) is 5.02 Å². The second kappa shape index (κ2) is 5.09. The molecule has 1 N–H and O–H groups in total. The summed E-state index contributed by atoms with van der Waals surface area (Å²) in [6.07, 6.45) is 1.43. The first-order chi connectivity index (χ1) is 7.11. The van der Waals surface area contributed by atoms with Crippen LogP contribution in [0.5, 0.6) is 5.75 Å². The van der Waals surface area contributed by atoms with Crippen molar-refractivity contribution in [2.45, 2.75) is 6.92 Å². The number of nitrogens with one attached hydrogen (secondary N) is 1. The van der Waals surface area contributed by atoms with E-state index in [1.165, 1.54) is 13.3 Å². The lowest BCUT2D eigenvalue weighted by molar-refractivity contribution is 0.0988. The molecular formula is C10H13ClN2O2. The molecule has 0 atom stereocenters. The van der Waals surface area contributed by atoms with Gasteiger partial charge in [0.1, 0.15) is 16.5 Å². The third kappa shape index (κ3) is 2.46. The van der Waals surface area contributed by atoms with E-state index in [0.717, 1.165) is 0 Å². The molecule has 1 heterocycles. The molecule has 0 amide bonds. The zero-order valence-corrected chi connectivity index (χ0v) is 9.68. The Morgan fingerprint density at radius 2 is 2.33 bits per heavy atom. The van der Waals surface area contributed by atoms with E-state index in [4.69, 9.17) is 16.3 Å². The van der Waals surface area contributed by atoms with Gasteiger partial charge in [-0.2, -0.15) is 0 Å². The number of ether oxygens (including phenoxy) is 1. The average molecular weight is 229 g/mol. The number of rotatable bonds is 4. The standard InChI is InChI=1S/C10H13ClN2O2/c1-6-9(8(14)5-12-2)13-4-7(11)10(6)15-3/h4,12H,5H2,1-3H3. The maximum absolute atomic E-state index is 11.6. The van der Waals surface area contributed by atoms with Crippen LogP contribution in [0.25, 0.3) is 0 Å². The Kier molecular flexibility index (Phi) is 4.05. The van der Waals surface area contributed by atoms with Crippen molar-refractivity contribution in [2.24, 2.45) is 0 Å². The zero-order valence-electron chi connectivity index (χ0n) is 8.93. The van der Waals surface area contributed by atoms with Crippen molar-refractivity contribution in [3.63, 3.8) is 0 Å². The Morgan fingerprint density at radius 3 is 2.87 bits per heavy atom. The van der Waals surface area contributed by atoms with Crippen molar-refractivity contribution in [3.05, 3.63) is 22.5 Å². The van der Waals surface area contributed by atoms with E-state index in [2.05, 4.69) is 10.3 Å². The SMILES string of the molecule is CNCC(=O)c1ncc(Cl)c(OC)c1C. The summed E-state index contributed by atoms with van der Waals surface area (Å²) in [5, 5.41) is 3.19. The molecule has 4 nitrogen and oxygen atoms in total. The van der Waals surface area contributed by atoms with Crippen LogP contribution < -0.4 is 10.1 Å². The van der Waals surface area contributed by atoms with Crippen molar-refractivity contribution in [1.29, 1.82) is 0 Å². The summed E-state index contributed by atoms with van der Waals surface area (Å²) in [5.41, 5.74) is 1.07. The number of likely N-dealkylation sites (N-methyl/N-ethyl adjacent to an activating group) is 1. The number of ketones is 1. The Morgan fingerprint density at radius 1 is 1.67 bits per heavy atom. The topological polar surface area (TPSA) is 51.2 Å². The minimum atomic E-state index is -0.0787. The summed E-state index contributed by atoms with van der Waals surface area (Å²) in [4.78, 5) is 15.6. The van der Waals surface area contributed by atoms with Crippen LogP contribution in [0.1, 0.15) is 16.1 Å². The van der Waals surface area contributed by atoms with Gasteiger partial charge >= 0.3 is 0 Å². The van der Waals surface area contributed by atoms with E-state index in [-0.39, 0.29) is 12.3 Å². The van der Waals surface area contributed by atoms with E-state index in [9.17, 15) is 4.79 Å². The van der Waals surface area contributed by atoms with Crippen LogP contribution in [0.3, 0.4) is 0 Å². The number of hydrogen-bond donors (Lipinski definition) is 1. The van der Waals surface area contributed by atoms with Gasteiger partial charge in [-0.25, -0.2) is 0 Å². The molecular weight excluding hydrogens is 216 g/mol. The van der Waals surface area contributed by atoms with Gasteiger partial charge in [0.2, 0.25) is 0 Å². The van der Waals surface area contributed by atoms with Crippen LogP contribution in [-0.4, -0.2) is 31.5 Å². The monoisotopic (exact) mass is 228 g/mol. The molecule has 1 rings (SSSR count). The number of nitrogens with zero attached hydrogens (tertiary/aromatic N) is 1. The third-order valence-corrected chi connectivity index (χ3v) is 2.29. The van der Waals surface area contributed by atoms with Crippen LogP contribution in [0.4, 0.5) is 0 Å². The minimum Gasteiger partial charge on any atom is -0.495 e. The molecule has 0 aliphatic heterocycles. The normalized spacial score (nSPS) is 10.1. The fourth-order valence-corrected chi connectivity index (χ4v) is 1.61. The highest BCUT2D eigenvalue weighted by atomic mass is 35.5. The van der Waals surface area contributed by atoms with Crippen molar-refractivity contribution in [2.75, 3.05) is 20.7 Å². The summed E-state index contributed by atoms with van der Waals surface area (Å²) in [7, 11) is 3.22. The molecule has 0 saturated heterocycles. The fraction of sp³-hybridized carbons (Fsp3) is 0.400. The van der Waals surface area contributed by atoms with Crippen molar-refractivity contribution in [3.8, 4) is 5.75 Å². The second-order valence-corrected chi connectivity index (χ2v) is 3.47. The lowest BCUT2D eigenvalue weighted by Gasteiger charge is -2.09. The predicted octanol–water partition coefficient (Wildman–Crippen LogP) is 1.45. The maximum atomic E-state index is 11.6. The number of Topliss-reactive ketones (excluding diaryl/α,β-unsaturated/α-hetero) is 1. The maximum Gasteiger partial charge on any atom is 0.195 e. The number of halogens is 1. The van der Waals surface area contributed by atoms with Crippen molar-refractivity contribution < 1.29 is 9.53 Å². The van der Waals surface area contributed by atoms with Gasteiger partial charge in [0.15, 0.2) is 5.78 Å². The predicted molar refractivity (Wildman–Crippen MR) is 58.8 cm³/mol. The summed E-state index contributed by atoms with van der Waals surface area (Å²) in [6, 6.07) is 0. The van der Waals surface area contributed by atoms with Crippen LogP contribution in [0, 0.1) is 6.92 Å². The Hall–Kier alpha value is -1.13. The lowest BCUT2D eigenvalue weighted by Crippen LogP contribution is -2.20. The Bertz CT molecular complexity index is 380. The highest BCUT2D eigenvalue weighted by molar-refractivity contribution is 6.32. The quantitative estimate of drug-likeness (QED) is 0.793. The van der Waals surface area contributed by atoms with E-state index in [1.54, 1.807) is 14.0 Å². The lowest BCUT2D eigenvalue weighted by atomic mass is 10.1. The van der Waals surface area contributed by atoms with Crippen molar-refractivity contribution >= 4 is 17.4 Å². The molecule has 1 aromatic heterocycles. The van der Waals surface area contributed by atoms with Crippen LogP contribution in [0.15, 0.2) is 6.20 Å².